The molecule has 0 spiro atoms. The lowest BCUT2D eigenvalue weighted by Crippen LogP contribution is -2.46. The summed E-state index contributed by atoms with van der Waals surface area (Å²) in [4.78, 5) is 45.4. The molecule has 2 aromatic rings. The molecule has 1 atom stereocenters. The average Bonchev–Trinajstić information content (AvgIpc) is 3.56. The van der Waals surface area contributed by atoms with E-state index in [0.29, 0.717) is 34.2 Å². The zero-order valence-electron chi connectivity index (χ0n) is 22.0. The summed E-state index contributed by atoms with van der Waals surface area (Å²) in [7, 11) is 1.60. The highest BCUT2D eigenvalue weighted by Crippen LogP contribution is 2.37. The Morgan fingerprint density at radius 2 is 1.97 bits per heavy atom. The highest BCUT2D eigenvalue weighted by atomic mass is 32.2. The van der Waals surface area contributed by atoms with Crippen molar-refractivity contribution >= 4 is 40.9 Å². The number of amidine groups is 1. The number of rotatable bonds is 9. The standard InChI is InChI=1S/C27H30N6O5S/c1-4-32-14-17(13-28-32)23-22(25(35)38-5-2)21(29-26(36)31-23)15-39-27-30-20(24(34)33(27)18-8-9-18)12-16-6-10-19(37-3)11-7-16/h6-7,10-14,18,23H,4-5,8-9,15H2,1-3H3,(H2,29,31,36)/b20-12+/t23-/m0/s1. The SMILES string of the molecule is CCOC(=O)C1=C(CSC2=N/C(=C/c3ccc(OC)cc3)C(=O)N2C2CC2)NC(=O)N[C@H]1c1cnn(CC)c1. The van der Waals surface area contributed by atoms with Crippen LogP contribution in [0.4, 0.5) is 4.79 Å². The number of carbonyl (C=O) groups excluding carboxylic acids is 3. The minimum absolute atomic E-state index is 0.0965. The number of esters is 1. The van der Waals surface area contributed by atoms with Crippen LogP contribution >= 0.6 is 11.8 Å². The number of ether oxygens (including phenoxy) is 2. The van der Waals surface area contributed by atoms with Gasteiger partial charge >= 0.3 is 12.0 Å². The fourth-order valence-electron chi connectivity index (χ4n) is 4.39. The molecular weight excluding hydrogens is 520 g/mol. The van der Waals surface area contributed by atoms with E-state index in [1.165, 1.54) is 11.8 Å². The van der Waals surface area contributed by atoms with Gasteiger partial charge in [0, 0.05) is 35.8 Å². The van der Waals surface area contributed by atoms with E-state index in [1.807, 2.05) is 31.2 Å². The summed E-state index contributed by atoms with van der Waals surface area (Å²) in [5, 5.41) is 10.4. The molecule has 39 heavy (non-hydrogen) atoms. The van der Waals surface area contributed by atoms with Crippen LogP contribution in [0.2, 0.25) is 0 Å². The first kappa shape index (κ1) is 26.5. The largest absolute Gasteiger partial charge is 0.497 e. The Kier molecular flexibility index (Phi) is 7.73. The molecule has 0 bridgehead atoms. The molecule has 0 unspecified atom stereocenters. The number of aromatic nitrogens is 2. The number of aliphatic imine (C=N–C) groups is 1. The van der Waals surface area contributed by atoms with Crippen LogP contribution in [-0.2, 0) is 20.9 Å². The molecule has 0 radical (unpaired) electrons. The van der Waals surface area contributed by atoms with E-state index in [4.69, 9.17) is 9.47 Å². The Bertz CT molecular complexity index is 1380. The molecule has 204 valence electrons. The maximum Gasteiger partial charge on any atom is 0.338 e. The van der Waals surface area contributed by atoms with Crippen LogP contribution < -0.4 is 15.4 Å². The molecule has 1 saturated carbocycles. The van der Waals surface area contributed by atoms with E-state index >= 15 is 0 Å². The number of urea groups is 1. The minimum atomic E-state index is -0.717. The summed E-state index contributed by atoms with van der Waals surface area (Å²) in [6.07, 6.45) is 6.99. The maximum atomic E-state index is 13.3. The van der Waals surface area contributed by atoms with Crippen molar-refractivity contribution in [1.29, 1.82) is 0 Å². The molecule has 2 aliphatic heterocycles. The number of amides is 3. The molecule has 1 fully saturated rings. The Balaban J connectivity index is 1.44. The smallest absolute Gasteiger partial charge is 0.338 e. The summed E-state index contributed by atoms with van der Waals surface area (Å²) >= 11 is 1.30. The van der Waals surface area contributed by atoms with Gasteiger partial charge in [-0.15, -0.1) is 0 Å². The molecule has 0 saturated heterocycles. The second kappa shape index (κ2) is 11.4. The van der Waals surface area contributed by atoms with Gasteiger partial charge in [-0.2, -0.15) is 5.10 Å². The van der Waals surface area contributed by atoms with Crippen LogP contribution in [0.25, 0.3) is 6.08 Å². The number of benzene rings is 1. The summed E-state index contributed by atoms with van der Waals surface area (Å²) in [6.45, 7) is 4.52. The number of nitrogens with zero attached hydrogens (tertiary/aromatic N) is 4. The van der Waals surface area contributed by atoms with Crippen LogP contribution in [0, 0.1) is 0 Å². The van der Waals surface area contributed by atoms with E-state index in [-0.39, 0.29) is 24.3 Å². The van der Waals surface area contributed by atoms with Crippen molar-refractivity contribution in [2.45, 2.75) is 45.3 Å². The van der Waals surface area contributed by atoms with Crippen LogP contribution in [0.5, 0.6) is 5.75 Å². The predicted octanol–water partition coefficient (Wildman–Crippen LogP) is 3.22. The first-order valence-electron chi connectivity index (χ1n) is 12.8. The maximum absolute atomic E-state index is 13.3. The van der Waals surface area contributed by atoms with E-state index in [9.17, 15) is 14.4 Å². The third kappa shape index (κ3) is 5.70. The minimum Gasteiger partial charge on any atom is -0.497 e. The third-order valence-electron chi connectivity index (χ3n) is 6.50. The molecule has 1 aromatic carbocycles. The van der Waals surface area contributed by atoms with E-state index in [0.717, 1.165) is 24.2 Å². The molecule has 2 N–H and O–H groups in total. The Labute approximate surface area is 230 Å². The molecule has 1 aliphatic carbocycles. The Morgan fingerprint density at radius 1 is 1.21 bits per heavy atom. The zero-order chi connectivity index (χ0) is 27.5. The Hall–Kier alpha value is -4.06. The lowest BCUT2D eigenvalue weighted by molar-refractivity contribution is -0.139. The third-order valence-corrected chi connectivity index (χ3v) is 7.48. The van der Waals surface area contributed by atoms with Crippen LogP contribution in [0.3, 0.4) is 0 Å². The second-order valence-corrected chi connectivity index (χ2v) is 10.1. The predicted molar refractivity (Wildman–Crippen MR) is 147 cm³/mol. The number of aryl methyl sites for hydroxylation is 1. The molecular formula is C27H30N6O5S. The number of carbonyl (C=O) groups is 3. The summed E-state index contributed by atoms with van der Waals surface area (Å²) in [5.74, 6) is 0.253. The van der Waals surface area contributed by atoms with Gasteiger partial charge in [0.25, 0.3) is 5.91 Å². The van der Waals surface area contributed by atoms with Gasteiger partial charge in [0.2, 0.25) is 0 Å². The lowest BCUT2D eigenvalue weighted by Gasteiger charge is -2.28. The zero-order valence-corrected chi connectivity index (χ0v) is 22.8. The molecule has 1 aromatic heterocycles. The summed E-state index contributed by atoms with van der Waals surface area (Å²) in [5.41, 5.74) is 2.56. The number of methoxy groups -OCH3 is 1. The average molecular weight is 551 g/mol. The topological polar surface area (TPSA) is 127 Å². The van der Waals surface area contributed by atoms with Crippen molar-refractivity contribution in [2.75, 3.05) is 19.5 Å². The van der Waals surface area contributed by atoms with E-state index in [2.05, 4.69) is 20.7 Å². The first-order chi connectivity index (χ1) is 18.9. The van der Waals surface area contributed by atoms with Gasteiger partial charge in [0.15, 0.2) is 5.17 Å². The molecule has 3 aliphatic rings. The molecule has 3 amide bonds. The number of thioether (sulfide) groups is 1. The Morgan fingerprint density at radius 3 is 2.62 bits per heavy atom. The van der Waals surface area contributed by atoms with Crippen LogP contribution in [0.15, 0.2) is 58.6 Å². The normalized spacial score (nSPS) is 20.2. The van der Waals surface area contributed by atoms with Crippen molar-refractivity contribution in [3.05, 3.63) is 64.8 Å². The second-order valence-electron chi connectivity index (χ2n) is 9.17. The first-order valence-corrected chi connectivity index (χ1v) is 13.8. The van der Waals surface area contributed by atoms with Crippen molar-refractivity contribution in [3.8, 4) is 5.75 Å². The van der Waals surface area contributed by atoms with Crippen molar-refractivity contribution in [1.82, 2.24) is 25.3 Å². The van der Waals surface area contributed by atoms with Gasteiger partial charge < -0.3 is 20.1 Å². The van der Waals surface area contributed by atoms with Crippen molar-refractivity contribution in [2.24, 2.45) is 4.99 Å². The van der Waals surface area contributed by atoms with Crippen molar-refractivity contribution in [3.63, 3.8) is 0 Å². The fraction of sp³-hybridized carbons (Fsp3) is 0.370. The monoisotopic (exact) mass is 550 g/mol. The van der Waals surface area contributed by atoms with Gasteiger partial charge in [-0.1, -0.05) is 23.9 Å². The molecule has 5 rings (SSSR count). The summed E-state index contributed by atoms with van der Waals surface area (Å²) in [6, 6.07) is 6.33. The van der Waals surface area contributed by atoms with Gasteiger partial charge in [-0.3, -0.25) is 14.4 Å². The van der Waals surface area contributed by atoms with E-state index < -0.39 is 18.0 Å². The quantitative estimate of drug-likeness (QED) is 0.363. The molecule has 12 heteroatoms. The number of nitrogens with one attached hydrogen (secondary N) is 2. The van der Waals surface area contributed by atoms with Crippen molar-refractivity contribution < 1.29 is 23.9 Å². The number of hydrogen-bond acceptors (Lipinski definition) is 8. The van der Waals surface area contributed by atoms with Gasteiger partial charge in [-0.25, -0.2) is 14.6 Å². The fourth-order valence-corrected chi connectivity index (χ4v) is 5.43. The van der Waals surface area contributed by atoms with Gasteiger partial charge in [0.05, 0.1) is 31.5 Å². The van der Waals surface area contributed by atoms with Gasteiger partial charge in [-0.05, 0) is 50.5 Å². The number of hydrogen-bond donors (Lipinski definition) is 2. The van der Waals surface area contributed by atoms with Gasteiger partial charge in [0.1, 0.15) is 11.4 Å². The van der Waals surface area contributed by atoms with Crippen LogP contribution in [0.1, 0.15) is 43.9 Å². The highest BCUT2D eigenvalue weighted by Gasteiger charge is 2.42. The van der Waals surface area contributed by atoms with Crippen LogP contribution in [-0.4, -0.2) is 63.3 Å². The van der Waals surface area contributed by atoms with E-state index in [1.54, 1.807) is 42.1 Å². The molecule has 11 nitrogen and oxygen atoms in total. The highest BCUT2D eigenvalue weighted by molar-refractivity contribution is 8.14. The summed E-state index contributed by atoms with van der Waals surface area (Å²) < 4.78 is 12.3. The lowest BCUT2D eigenvalue weighted by atomic mass is 9.98. The molecule has 3 heterocycles.